The number of aromatic nitrogens is 2. The lowest BCUT2D eigenvalue weighted by atomic mass is 10.0. The van der Waals surface area contributed by atoms with E-state index >= 15 is 0 Å². The predicted octanol–water partition coefficient (Wildman–Crippen LogP) is 3.48. The minimum atomic E-state index is -4.43. The number of likely N-dealkylation sites (tertiary alicyclic amines) is 1. The molecule has 1 aromatic carbocycles. The molecule has 0 radical (unpaired) electrons. The third kappa shape index (κ3) is 3.07. The molecule has 4 nitrogen and oxygen atoms in total. The number of carbonyl (C=O) groups is 1. The van der Waals surface area contributed by atoms with Gasteiger partial charge in [0, 0.05) is 19.1 Å². The summed E-state index contributed by atoms with van der Waals surface area (Å²) in [6.45, 7) is 0.377. The van der Waals surface area contributed by atoms with Crippen molar-refractivity contribution >= 4 is 16.9 Å². The summed E-state index contributed by atoms with van der Waals surface area (Å²) >= 11 is 0. The molecular weight excluding hydrogens is 333 g/mol. The van der Waals surface area contributed by atoms with Crippen LogP contribution in [-0.2, 0) is 11.0 Å². The molecule has 2 heterocycles. The first-order valence-corrected chi connectivity index (χ1v) is 7.38. The number of imidazole rings is 1. The van der Waals surface area contributed by atoms with E-state index in [4.69, 9.17) is 0 Å². The molecule has 1 aliphatic rings. The van der Waals surface area contributed by atoms with Crippen LogP contribution in [0.2, 0.25) is 0 Å². The van der Waals surface area contributed by atoms with Gasteiger partial charge in [0.1, 0.15) is 0 Å². The summed E-state index contributed by atoms with van der Waals surface area (Å²) in [7, 11) is 0. The number of halogens is 5. The number of fused-ring (bicyclic) bond motifs is 1. The maximum atomic E-state index is 12.7. The molecular formula is C15H14F5N3O. The van der Waals surface area contributed by atoms with E-state index < -0.39 is 24.1 Å². The summed E-state index contributed by atoms with van der Waals surface area (Å²) in [6, 6.07) is 3.26. The topological polar surface area (TPSA) is 38.1 Å². The van der Waals surface area contributed by atoms with Crippen molar-refractivity contribution in [2.24, 2.45) is 0 Å². The van der Waals surface area contributed by atoms with Crippen LogP contribution in [0.1, 0.15) is 24.4 Å². The Kier molecular flexibility index (Phi) is 4.18. The van der Waals surface area contributed by atoms with Gasteiger partial charge in [0.05, 0.1) is 22.9 Å². The highest BCUT2D eigenvalue weighted by Crippen LogP contribution is 2.33. The Morgan fingerprint density at radius 1 is 1.21 bits per heavy atom. The van der Waals surface area contributed by atoms with Crippen molar-refractivity contribution in [3.8, 4) is 0 Å². The third-order valence-corrected chi connectivity index (χ3v) is 4.26. The van der Waals surface area contributed by atoms with Crippen LogP contribution in [-0.4, -0.2) is 39.9 Å². The normalized spacial score (nSPS) is 17.0. The van der Waals surface area contributed by atoms with Crippen molar-refractivity contribution in [2.45, 2.75) is 31.5 Å². The number of rotatable bonds is 2. The van der Waals surface area contributed by atoms with Gasteiger partial charge in [-0.25, -0.2) is 4.98 Å². The van der Waals surface area contributed by atoms with Gasteiger partial charge in [0.25, 0.3) is 5.91 Å². The Morgan fingerprint density at radius 3 is 2.46 bits per heavy atom. The van der Waals surface area contributed by atoms with Crippen LogP contribution in [0.15, 0.2) is 24.5 Å². The molecule has 1 fully saturated rings. The number of hydrogen-bond acceptors (Lipinski definition) is 2. The molecule has 0 N–H and O–H groups in total. The number of nitrogens with zero attached hydrogens (tertiary/aromatic N) is 3. The second-order valence-electron chi connectivity index (χ2n) is 5.71. The van der Waals surface area contributed by atoms with Crippen LogP contribution < -0.4 is 0 Å². The molecule has 0 bridgehead atoms. The monoisotopic (exact) mass is 347 g/mol. The molecule has 1 amide bonds. The van der Waals surface area contributed by atoms with Crippen molar-refractivity contribution in [2.75, 3.05) is 13.1 Å². The molecule has 0 unspecified atom stereocenters. The molecule has 0 saturated carbocycles. The zero-order valence-electron chi connectivity index (χ0n) is 12.4. The lowest BCUT2D eigenvalue weighted by Gasteiger charge is -2.32. The SMILES string of the molecule is O=C(C(F)F)N1CCC(n2cnc3cc(C(F)(F)F)ccc32)CC1. The van der Waals surface area contributed by atoms with E-state index in [1.807, 2.05) is 0 Å². The molecule has 130 valence electrons. The van der Waals surface area contributed by atoms with Gasteiger partial charge < -0.3 is 9.47 Å². The van der Waals surface area contributed by atoms with Crippen LogP contribution in [0.4, 0.5) is 22.0 Å². The minimum absolute atomic E-state index is 0.0894. The van der Waals surface area contributed by atoms with Gasteiger partial charge in [-0.1, -0.05) is 0 Å². The second kappa shape index (κ2) is 6.03. The molecule has 2 aromatic rings. The summed E-state index contributed by atoms with van der Waals surface area (Å²) in [5.74, 6) is -1.18. The molecule has 3 rings (SSSR count). The Balaban J connectivity index is 1.78. The van der Waals surface area contributed by atoms with Crippen LogP contribution in [0.5, 0.6) is 0 Å². The van der Waals surface area contributed by atoms with Crippen molar-refractivity contribution in [3.05, 3.63) is 30.1 Å². The van der Waals surface area contributed by atoms with E-state index in [9.17, 15) is 26.7 Å². The van der Waals surface area contributed by atoms with Gasteiger partial charge >= 0.3 is 12.6 Å². The summed E-state index contributed by atoms with van der Waals surface area (Å²) in [6.07, 6.45) is -5.09. The first-order chi connectivity index (χ1) is 11.3. The molecule has 0 atom stereocenters. The zero-order chi connectivity index (χ0) is 17.5. The van der Waals surface area contributed by atoms with Crippen molar-refractivity contribution in [1.29, 1.82) is 0 Å². The average Bonchev–Trinajstić information content (AvgIpc) is 2.96. The minimum Gasteiger partial charge on any atom is -0.338 e. The summed E-state index contributed by atoms with van der Waals surface area (Å²) < 4.78 is 64.8. The van der Waals surface area contributed by atoms with Gasteiger partial charge in [-0.05, 0) is 31.0 Å². The number of benzene rings is 1. The molecule has 0 aliphatic carbocycles. The maximum absolute atomic E-state index is 12.7. The predicted molar refractivity (Wildman–Crippen MR) is 75.6 cm³/mol. The Hall–Kier alpha value is -2.19. The van der Waals surface area contributed by atoms with Gasteiger partial charge in [-0.2, -0.15) is 22.0 Å². The summed E-state index contributed by atoms with van der Waals surface area (Å²) in [5.41, 5.74) is 0.0233. The maximum Gasteiger partial charge on any atom is 0.416 e. The van der Waals surface area contributed by atoms with E-state index in [2.05, 4.69) is 4.98 Å². The lowest BCUT2D eigenvalue weighted by molar-refractivity contribution is -0.144. The molecule has 1 aliphatic heterocycles. The largest absolute Gasteiger partial charge is 0.416 e. The van der Waals surface area contributed by atoms with Crippen LogP contribution in [0, 0.1) is 0 Å². The smallest absolute Gasteiger partial charge is 0.338 e. The standard InChI is InChI=1S/C15H14F5N3O/c16-13(17)14(24)22-5-3-10(4-6-22)23-8-21-11-7-9(15(18,19)20)1-2-12(11)23/h1-2,7-8,10,13H,3-6H2. The Morgan fingerprint density at radius 2 is 1.88 bits per heavy atom. The quantitative estimate of drug-likeness (QED) is 0.780. The average molecular weight is 347 g/mol. The fourth-order valence-corrected chi connectivity index (χ4v) is 3.00. The van der Waals surface area contributed by atoms with Crippen molar-refractivity contribution in [3.63, 3.8) is 0 Å². The van der Waals surface area contributed by atoms with Crippen molar-refractivity contribution < 1.29 is 26.7 Å². The van der Waals surface area contributed by atoms with Crippen LogP contribution >= 0.6 is 0 Å². The fourth-order valence-electron chi connectivity index (χ4n) is 3.00. The number of alkyl halides is 5. The highest BCUT2D eigenvalue weighted by atomic mass is 19.4. The van der Waals surface area contributed by atoms with E-state index in [1.54, 1.807) is 4.57 Å². The number of amides is 1. The molecule has 9 heteroatoms. The number of carbonyl (C=O) groups excluding carboxylic acids is 1. The van der Waals surface area contributed by atoms with Crippen LogP contribution in [0.25, 0.3) is 11.0 Å². The van der Waals surface area contributed by atoms with E-state index in [0.29, 0.717) is 18.4 Å². The Bertz CT molecular complexity index is 747. The van der Waals surface area contributed by atoms with Crippen molar-refractivity contribution in [1.82, 2.24) is 14.5 Å². The lowest BCUT2D eigenvalue weighted by Crippen LogP contribution is -2.41. The third-order valence-electron chi connectivity index (χ3n) is 4.26. The van der Waals surface area contributed by atoms with E-state index in [0.717, 1.165) is 17.0 Å². The van der Waals surface area contributed by atoms with Gasteiger partial charge in [0.2, 0.25) is 0 Å². The fraction of sp³-hybridized carbons (Fsp3) is 0.467. The molecule has 1 aromatic heterocycles. The first kappa shape index (κ1) is 16.7. The number of hydrogen-bond donors (Lipinski definition) is 0. The van der Waals surface area contributed by atoms with E-state index in [1.165, 1.54) is 12.4 Å². The van der Waals surface area contributed by atoms with Gasteiger partial charge in [0.15, 0.2) is 0 Å². The highest BCUT2D eigenvalue weighted by Gasteiger charge is 2.32. The number of piperidine rings is 1. The zero-order valence-corrected chi connectivity index (χ0v) is 12.4. The van der Waals surface area contributed by atoms with Gasteiger partial charge in [-0.3, -0.25) is 4.79 Å². The summed E-state index contributed by atoms with van der Waals surface area (Å²) in [5, 5.41) is 0. The van der Waals surface area contributed by atoms with E-state index in [-0.39, 0.29) is 24.6 Å². The summed E-state index contributed by atoms with van der Waals surface area (Å²) in [4.78, 5) is 16.4. The van der Waals surface area contributed by atoms with Gasteiger partial charge in [-0.15, -0.1) is 0 Å². The molecule has 1 saturated heterocycles. The highest BCUT2D eigenvalue weighted by molar-refractivity contribution is 5.79. The second-order valence-corrected chi connectivity index (χ2v) is 5.71. The molecule has 0 spiro atoms. The molecule has 24 heavy (non-hydrogen) atoms. The van der Waals surface area contributed by atoms with Crippen LogP contribution in [0.3, 0.4) is 0 Å². The Labute approximate surface area is 133 Å². The first-order valence-electron chi connectivity index (χ1n) is 7.38.